The van der Waals surface area contributed by atoms with E-state index in [4.69, 9.17) is 9.47 Å². The zero-order valence-corrected chi connectivity index (χ0v) is 11.6. The summed E-state index contributed by atoms with van der Waals surface area (Å²) in [7, 11) is 1.68. The van der Waals surface area contributed by atoms with Gasteiger partial charge in [0.05, 0.1) is 18.1 Å². The van der Waals surface area contributed by atoms with Gasteiger partial charge in [0.15, 0.2) is 0 Å². The predicted molar refractivity (Wildman–Crippen MR) is 75.8 cm³/mol. The van der Waals surface area contributed by atoms with Gasteiger partial charge in [0, 0.05) is 26.3 Å². The molecule has 1 heterocycles. The van der Waals surface area contributed by atoms with E-state index < -0.39 is 4.92 Å². The Bertz CT molecular complexity index is 458. The highest BCUT2D eigenvalue weighted by Crippen LogP contribution is 2.25. The van der Waals surface area contributed by atoms with Gasteiger partial charge < -0.3 is 14.8 Å². The second-order valence-corrected chi connectivity index (χ2v) is 4.93. The van der Waals surface area contributed by atoms with E-state index >= 15 is 0 Å². The summed E-state index contributed by atoms with van der Waals surface area (Å²) in [6.07, 6.45) is 2.09. The lowest BCUT2D eigenvalue weighted by Crippen LogP contribution is -2.20. The van der Waals surface area contributed by atoms with Crippen molar-refractivity contribution in [2.75, 3.05) is 32.2 Å². The van der Waals surface area contributed by atoms with Crippen molar-refractivity contribution in [2.45, 2.75) is 19.4 Å². The van der Waals surface area contributed by atoms with Crippen LogP contribution in [0.5, 0.6) is 0 Å². The van der Waals surface area contributed by atoms with Gasteiger partial charge in [0.25, 0.3) is 5.69 Å². The lowest BCUT2D eigenvalue weighted by atomic mass is 10.0. The molecule has 0 aromatic heterocycles. The number of nitro benzene ring substituents is 1. The molecule has 0 saturated carbocycles. The van der Waals surface area contributed by atoms with Crippen LogP contribution in [0, 0.1) is 16.0 Å². The van der Waals surface area contributed by atoms with Crippen molar-refractivity contribution in [1.82, 2.24) is 0 Å². The first-order chi connectivity index (χ1) is 9.70. The summed E-state index contributed by atoms with van der Waals surface area (Å²) in [6.45, 7) is 2.82. The van der Waals surface area contributed by atoms with Gasteiger partial charge in [-0.1, -0.05) is 0 Å². The summed E-state index contributed by atoms with van der Waals surface area (Å²) < 4.78 is 11.0. The highest BCUT2D eigenvalue weighted by molar-refractivity contribution is 5.62. The zero-order chi connectivity index (χ0) is 14.4. The predicted octanol–water partition coefficient (Wildman–Crippen LogP) is 2.58. The standard InChI is InChI=1S/C14H20N2O4/c1-15-13-8-12(2-3-14(13)16(17)18)10-20-9-11-4-6-19-7-5-11/h2-3,8,11,15H,4-7,9-10H2,1H3. The fourth-order valence-corrected chi connectivity index (χ4v) is 2.29. The first-order valence-electron chi connectivity index (χ1n) is 6.81. The van der Waals surface area contributed by atoms with Crippen LogP contribution in [0.3, 0.4) is 0 Å². The second-order valence-electron chi connectivity index (χ2n) is 4.93. The number of anilines is 1. The van der Waals surface area contributed by atoms with Gasteiger partial charge in [-0.2, -0.15) is 0 Å². The number of benzene rings is 1. The van der Waals surface area contributed by atoms with Gasteiger partial charge in [-0.25, -0.2) is 0 Å². The SMILES string of the molecule is CNc1cc(COCC2CCOCC2)ccc1[N+](=O)[O-]. The minimum absolute atomic E-state index is 0.0840. The smallest absolute Gasteiger partial charge is 0.292 e. The molecule has 20 heavy (non-hydrogen) atoms. The van der Waals surface area contributed by atoms with Crippen LogP contribution in [-0.4, -0.2) is 31.8 Å². The fourth-order valence-electron chi connectivity index (χ4n) is 2.29. The number of nitrogens with zero attached hydrogens (tertiary/aromatic N) is 1. The Morgan fingerprint density at radius 2 is 2.20 bits per heavy atom. The molecule has 0 radical (unpaired) electrons. The molecule has 1 aromatic carbocycles. The van der Waals surface area contributed by atoms with E-state index in [2.05, 4.69) is 5.32 Å². The summed E-state index contributed by atoms with van der Waals surface area (Å²) in [5.74, 6) is 0.561. The first kappa shape index (κ1) is 14.7. The lowest BCUT2D eigenvalue weighted by Gasteiger charge is -2.21. The van der Waals surface area contributed by atoms with Gasteiger partial charge in [0.1, 0.15) is 5.69 Å². The average Bonchev–Trinajstić information content (AvgIpc) is 2.48. The minimum atomic E-state index is -0.390. The van der Waals surface area contributed by atoms with Crippen LogP contribution in [0.2, 0.25) is 0 Å². The van der Waals surface area contributed by atoms with Crippen molar-refractivity contribution in [3.8, 4) is 0 Å². The summed E-state index contributed by atoms with van der Waals surface area (Å²) >= 11 is 0. The average molecular weight is 280 g/mol. The van der Waals surface area contributed by atoms with Crippen molar-refractivity contribution in [3.05, 3.63) is 33.9 Å². The lowest BCUT2D eigenvalue weighted by molar-refractivity contribution is -0.384. The normalized spacial score (nSPS) is 16.1. The number of nitrogens with one attached hydrogen (secondary N) is 1. The van der Waals surface area contributed by atoms with Crippen molar-refractivity contribution in [1.29, 1.82) is 0 Å². The highest BCUT2D eigenvalue weighted by atomic mass is 16.6. The summed E-state index contributed by atoms with van der Waals surface area (Å²) in [4.78, 5) is 10.4. The van der Waals surface area contributed by atoms with Crippen molar-refractivity contribution >= 4 is 11.4 Å². The van der Waals surface area contributed by atoms with E-state index in [1.165, 1.54) is 6.07 Å². The van der Waals surface area contributed by atoms with Gasteiger partial charge in [-0.05, 0) is 36.5 Å². The Morgan fingerprint density at radius 1 is 1.45 bits per heavy atom. The molecular weight excluding hydrogens is 260 g/mol. The van der Waals surface area contributed by atoms with Gasteiger partial charge >= 0.3 is 0 Å². The molecule has 0 amide bonds. The quantitative estimate of drug-likeness (QED) is 0.640. The second kappa shape index (κ2) is 7.21. The highest BCUT2D eigenvalue weighted by Gasteiger charge is 2.15. The number of hydrogen-bond donors (Lipinski definition) is 1. The number of nitro groups is 1. The Balaban J connectivity index is 1.87. The van der Waals surface area contributed by atoms with Gasteiger partial charge in [-0.3, -0.25) is 10.1 Å². The maximum absolute atomic E-state index is 10.8. The molecule has 0 aliphatic carbocycles. The molecule has 1 aliphatic heterocycles. The molecule has 1 aromatic rings. The molecular formula is C14H20N2O4. The molecule has 0 unspecified atom stereocenters. The molecule has 6 heteroatoms. The van der Waals surface area contributed by atoms with E-state index in [1.54, 1.807) is 19.2 Å². The number of ether oxygens (including phenoxy) is 2. The van der Waals surface area contributed by atoms with Crippen LogP contribution in [-0.2, 0) is 16.1 Å². The van der Waals surface area contributed by atoms with E-state index in [0.29, 0.717) is 18.2 Å². The molecule has 0 spiro atoms. The molecule has 1 N–H and O–H groups in total. The van der Waals surface area contributed by atoms with Gasteiger partial charge in [0.2, 0.25) is 0 Å². The Hall–Kier alpha value is -1.66. The Kier molecular flexibility index (Phi) is 5.31. The molecule has 2 rings (SSSR count). The monoisotopic (exact) mass is 280 g/mol. The van der Waals surface area contributed by atoms with Crippen LogP contribution in [0.1, 0.15) is 18.4 Å². The van der Waals surface area contributed by atoms with E-state index in [1.807, 2.05) is 0 Å². The van der Waals surface area contributed by atoms with Crippen molar-refractivity contribution in [3.63, 3.8) is 0 Å². The van der Waals surface area contributed by atoms with Crippen LogP contribution < -0.4 is 5.32 Å². The summed E-state index contributed by atoms with van der Waals surface area (Å²) in [5.41, 5.74) is 1.54. The van der Waals surface area contributed by atoms with E-state index in [9.17, 15) is 10.1 Å². The van der Waals surface area contributed by atoms with Crippen LogP contribution in [0.15, 0.2) is 18.2 Å². The maximum atomic E-state index is 10.8. The Morgan fingerprint density at radius 3 is 2.85 bits per heavy atom. The van der Waals surface area contributed by atoms with E-state index in [0.717, 1.165) is 38.2 Å². The third kappa shape index (κ3) is 3.91. The number of hydrogen-bond acceptors (Lipinski definition) is 5. The number of rotatable bonds is 6. The minimum Gasteiger partial charge on any atom is -0.383 e. The van der Waals surface area contributed by atoms with Gasteiger partial charge in [-0.15, -0.1) is 0 Å². The molecule has 1 aliphatic rings. The van der Waals surface area contributed by atoms with Crippen LogP contribution in [0.25, 0.3) is 0 Å². The van der Waals surface area contributed by atoms with E-state index in [-0.39, 0.29) is 5.69 Å². The molecule has 0 bridgehead atoms. The van der Waals surface area contributed by atoms with Crippen LogP contribution in [0.4, 0.5) is 11.4 Å². The molecule has 110 valence electrons. The topological polar surface area (TPSA) is 73.6 Å². The van der Waals surface area contributed by atoms with Crippen molar-refractivity contribution < 1.29 is 14.4 Å². The Labute approximate surface area is 118 Å². The molecule has 1 fully saturated rings. The zero-order valence-electron chi connectivity index (χ0n) is 11.6. The fraction of sp³-hybridized carbons (Fsp3) is 0.571. The summed E-state index contributed by atoms with van der Waals surface area (Å²) in [6, 6.07) is 5.02. The molecule has 0 atom stereocenters. The third-order valence-corrected chi connectivity index (χ3v) is 3.49. The van der Waals surface area contributed by atoms with Crippen LogP contribution >= 0.6 is 0 Å². The largest absolute Gasteiger partial charge is 0.383 e. The molecule has 6 nitrogen and oxygen atoms in total. The summed E-state index contributed by atoms with van der Waals surface area (Å²) in [5, 5.41) is 13.7. The molecule has 1 saturated heterocycles. The maximum Gasteiger partial charge on any atom is 0.292 e. The first-order valence-corrected chi connectivity index (χ1v) is 6.81. The van der Waals surface area contributed by atoms with Crippen molar-refractivity contribution in [2.24, 2.45) is 5.92 Å². The third-order valence-electron chi connectivity index (χ3n) is 3.49.